The van der Waals surface area contributed by atoms with Crippen LogP contribution in [0.25, 0.3) is 100.0 Å². The molecule has 0 unspecified atom stereocenters. The zero-order chi connectivity index (χ0) is 30.9. The summed E-state index contributed by atoms with van der Waals surface area (Å²) < 4.78 is 6.10. The number of hydrogen-bond acceptors (Lipinski definition) is 8. The molecule has 0 bridgehead atoms. The highest BCUT2D eigenvalue weighted by molar-refractivity contribution is 6.06. The van der Waals surface area contributed by atoms with Crippen LogP contribution in [0, 0.1) is 0 Å². The first-order valence-corrected chi connectivity index (χ1v) is 15.2. The van der Waals surface area contributed by atoms with Crippen molar-refractivity contribution < 1.29 is 4.42 Å². The van der Waals surface area contributed by atoms with Gasteiger partial charge in [-0.15, -0.1) is 0 Å². The smallest absolute Gasteiger partial charge is 0.182 e. The molecular formula is C39H21N7O. The Balaban J connectivity index is 1.22. The van der Waals surface area contributed by atoms with Crippen molar-refractivity contribution in [1.82, 2.24) is 34.9 Å². The molecule has 0 spiro atoms. The predicted octanol–water partition coefficient (Wildman–Crippen LogP) is 8.96. The van der Waals surface area contributed by atoms with Gasteiger partial charge in [-0.25, -0.2) is 24.9 Å². The molecule has 0 atom stereocenters. The summed E-state index contributed by atoms with van der Waals surface area (Å²) in [6.45, 7) is 0. The second kappa shape index (κ2) is 9.92. The molecule has 0 aliphatic heterocycles. The predicted molar refractivity (Wildman–Crippen MR) is 185 cm³/mol. The molecule has 0 aliphatic carbocycles. The quantitative estimate of drug-likeness (QED) is 0.184. The first-order chi connectivity index (χ1) is 23.2. The van der Waals surface area contributed by atoms with Crippen molar-refractivity contribution in [3.8, 4) is 34.4 Å². The summed E-state index contributed by atoms with van der Waals surface area (Å²) in [5.74, 6) is 1.39. The molecule has 0 radical (unpaired) electrons. The highest BCUT2D eigenvalue weighted by Gasteiger charge is 2.17. The van der Waals surface area contributed by atoms with Crippen molar-refractivity contribution in [3.63, 3.8) is 0 Å². The van der Waals surface area contributed by atoms with Crippen molar-refractivity contribution in [2.45, 2.75) is 0 Å². The minimum absolute atomic E-state index is 0.440. The van der Waals surface area contributed by atoms with Gasteiger partial charge in [-0.3, -0.25) is 9.97 Å². The third kappa shape index (κ3) is 4.12. The molecular weight excluding hydrogens is 582 g/mol. The van der Waals surface area contributed by atoms with Gasteiger partial charge in [0, 0.05) is 50.3 Å². The first-order valence-electron chi connectivity index (χ1n) is 15.2. The molecule has 10 rings (SSSR count). The minimum Gasteiger partial charge on any atom is -0.456 e. The van der Waals surface area contributed by atoms with Gasteiger partial charge in [0.15, 0.2) is 17.5 Å². The SMILES string of the molecule is c1cnc2c(c1)ccc1ccc(-c3nc(-c4ccc5oc6ccccc6c5c4)nc(-c4ccc5ccc6cccnc6c5n4)n3)nc12. The number of nitrogens with zero attached hydrogens (tertiary/aromatic N) is 7. The van der Waals surface area contributed by atoms with Gasteiger partial charge in [0.2, 0.25) is 0 Å². The van der Waals surface area contributed by atoms with Crippen LogP contribution in [0.2, 0.25) is 0 Å². The Labute approximate surface area is 266 Å². The fourth-order valence-corrected chi connectivity index (χ4v) is 6.30. The van der Waals surface area contributed by atoms with Gasteiger partial charge in [-0.05, 0) is 48.5 Å². The van der Waals surface area contributed by atoms with E-state index in [1.54, 1.807) is 12.4 Å². The summed E-state index contributed by atoms with van der Waals surface area (Å²) in [5.41, 5.74) is 6.92. The Kier molecular flexibility index (Phi) is 5.41. The highest BCUT2D eigenvalue weighted by Crippen LogP contribution is 2.33. The molecule has 8 nitrogen and oxygen atoms in total. The van der Waals surface area contributed by atoms with Gasteiger partial charge < -0.3 is 4.42 Å². The molecule has 0 N–H and O–H groups in total. The Morgan fingerprint density at radius 1 is 0.383 bits per heavy atom. The fraction of sp³-hybridized carbons (Fsp3) is 0. The molecule has 8 heteroatoms. The normalized spacial score (nSPS) is 11.8. The molecule has 0 aliphatic rings. The maximum Gasteiger partial charge on any atom is 0.182 e. The summed E-state index contributed by atoms with van der Waals surface area (Å²) in [6.07, 6.45) is 3.57. The molecule has 0 amide bonds. The lowest BCUT2D eigenvalue weighted by molar-refractivity contribution is 0.669. The van der Waals surface area contributed by atoms with E-state index in [1.807, 2.05) is 78.9 Å². The van der Waals surface area contributed by atoms with Crippen molar-refractivity contribution >= 4 is 65.6 Å². The van der Waals surface area contributed by atoms with Crippen LogP contribution < -0.4 is 0 Å². The molecule has 47 heavy (non-hydrogen) atoms. The average Bonchev–Trinajstić information content (AvgIpc) is 3.52. The van der Waals surface area contributed by atoms with Crippen LogP contribution in [0.1, 0.15) is 0 Å². The van der Waals surface area contributed by atoms with E-state index in [9.17, 15) is 0 Å². The van der Waals surface area contributed by atoms with Gasteiger partial charge in [0.1, 0.15) is 22.6 Å². The molecule has 0 saturated heterocycles. The highest BCUT2D eigenvalue weighted by atomic mass is 16.3. The van der Waals surface area contributed by atoms with E-state index in [0.29, 0.717) is 28.9 Å². The second-order valence-corrected chi connectivity index (χ2v) is 11.4. The molecule has 6 heterocycles. The number of benzene rings is 4. The van der Waals surface area contributed by atoms with Crippen LogP contribution in [-0.2, 0) is 0 Å². The molecule has 0 fully saturated rings. The molecule has 10 aromatic rings. The van der Waals surface area contributed by atoms with Crippen LogP contribution >= 0.6 is 0 Å². The summed E-state index contributed by atoms with van der Waals surface area (Å²) in [7, 11) is 0. The number of para-hydroxylation sites is 1. The third-order valence-electron chi connectivity index (χ3n) is 8.59. The van der Waals surface area contributed by atoms with Crippen molar-refractivity contribution in [3.05, 3.63) is 128 Å². The molecule has 218 valence electrons. The molecule has 4 aromatic carbocycles. The van der Waals surface area contributed by atoms with E-state index in [1.165, 1.54) is 0 Å². The number of rotatable bonds is 3. The van der Waals surface area contributed by atoms with Crippen molar-refractivity contribution in [1.29, 1.82) is 0 Å². The monoisotopic (exact) mass is 603 g/mol. The molecule has 6 aromatic heterocycles. The Hall–Kier alpha value is -6.67. The van der Waals surface area contributed by atoms with E-state index >= 15 is 0 Å². The van der Waals surface area contributed by atoms with Crippen molar-refractivity contribution in [2.24, 2.45) is 0 Å². The summed E-state index contributed by atoms with van der Waals surface area (Å²) in [4.78, 5) is 34.3. The van der Waals surface area contributed by atoms with Gasteiger partial charge in [0.05, 0.1) is 22.1 Å². The summed E-state index contributed by atoms with van der Waals surface area (Å²) in [6, 6.07) is 38.1. The van der Waals surface area contributed by atoms with Crippen LogP contribution in [-0.4, -0.2) is 34.9 Å². The number of pyridine rings is 4. The Morgan fingerprint density at radius 3 is 1.55 bits per heavy atom. The van der Waals surface area contributed by atoms with E-state index < -0.39 is 0 Å². The standard InChI is InChI=1S/C39H21N7O/c1-2-8-31-27(7-1)28-21-26(15-18-32(28)47-31)37-44-38(29-16-13-24-11-9-22-5-3-19-40-33(22)35(24)42-29)46-39(45-37)30-17-14-25-12-10-23-6-4-20-41-34(23)36(25)43-30/h1-21H. The molecule has 0 saturated carbocycles. The topological polar surface area (TPSA) is 103 Å². The van der Waals surface area contributed by atoms with E-state index in [0.717, 1.165) is 71.1 Å². The number of aromatic nitrogens is 7. The van der Waals surface area contributed by atoms with Crippen LogP contribution in [0.5, 0.6) is 0 Å². The Bertz CT molecular complexity index is 2740. The Morgan fingerprint density at radius 2 is 0.915 bits per heavy atom. The maximum absolute atomic E-state index is 6.10. The zero-order valence-corrected chi connectivity index (χ0v) is 24.7. The van der Waals surface area contributed by atoms with Crippen LogP contribution in [0.3, 0.4) is 0 Å². The van der Waals surface area contributed by atoms with E-state index in [4.69, 9.17) is 29.3 Å². The number of hydrogen-bond donors (Lipinski definition) is 0. The largest absolute Gasteiger partial charge is 0.456 e. The lowest BCUT2D eigenvalue weighted by Crippen LogP contribution is -2.02. The van der Waals surface area contributed by atoms with Crippen molar-refractivity contribution in [2.75, 3.05) is 0 Å². The lowest BCUT2D eigenvalue weighted by atomic mass is 10.1. The lowest BCUT2D eigenvalue weighted by Gasteiger charge is -2.10. The number of furan rings is 1. The van der Waals surface area contributed by atoms with Gasteiger partial charge in [0.25, 0.3) is 0 Å². The van der Waals surface area contributed by atoms with Gasteiger partial charge >= 0.3 is 0 Å². The minimum atomic E-state index is 0.440. The number of fused-ring (bicyclic) bond motifs is 9. The fourth-order valence-electron chi connectivity index (χ4n) is 6.30. The van der Waals surface area contributed by atoms with E-state index in [-0.39, 0.29) is 0 Å². The van der Waals surface area contributed by atoms with E-state index in [2.05, 4.69) is 46.4 Å². The van der Waals surface area contributed by atoms with Gasteiger partial charge in [-0.1, -0.05) is 66.7 Å². The second-order valence-electron chi connectivity index (χ2n) is 11.4. The zero-order valence-electron chi connectivity index (χ0n) is 24.7. The van der Waals surface area contributed by atoms with Crippen LogP contribution in [0.15, 0.2) is 132 Å². The third-order valence-corrected chi connectivity index (χ3v) is 8.59. The van der Waals surface area contributed by atoms with Gasteiger partial charge in [-0.2, -0.15) is 0 Å². The summed E-state index contributed by atoms with van der Waals surface area (Å²) >= 11 is 0. The van der Waals surface area contributed by atoms with Crippen LogP contribution in [0.4, 0.5) is 0 Å². The summed E-state index contributed by atoms with van der Waals surface area (Å²) in [5, 5.41) is 6.03. The first kappa shape index (κ1) is 25.6. The average molecular weight is 604 g/mol. The maximum atomic E-state index is 6.10.